The van der Waals surface area contributed by atoms with Gasteiger partial charge in [0.15, 0.2) is 5.78 Å². The summed E-state index contributed by atoms with van der Waals surface area (Å²) in [5, 5.41) is 10.0. The van der Waals surface area contributed by atoms with Gasteiger partial charge in [0.1, 0.15) is 6.61 Å². The summed E-state index contributed by atoms with van der Waals surface area (Å²) in [5.74, 6) is -0.207. The van der Waals surface area contributed by atoms with Crippen molar-refractivity contribution in [2.24, 2.45) is 11.8 Å². The van der Waals surface area contributed by atoms with Crippen LogP contribution in [0.2, 0.25) is 0 Å². The summed E-state index contributed by atoms with van der Waals surface area (Å²) in [6.45, 7) is 10.8. The van der Waals surface area contributed by atoms with Gasteiger partial charge < -0.3 is 19.2 Å². The molecule has 7 nitrogen and oxygen atoms in total. The normalized spacial score (nSPS) is 17.8. The van der Waals surface area contributed by atoms with E-state index in [0.717, 1.165) is 55.9 Å². The molecule has 2 aliphatic rings. The van der Waals surface area contributed by atoms with Crippen molar-refractivity contribution in [1.82, 2.24) is 4.90 Å². The first-order chi connectivity index (χ1) is 15.4. The summed E-state index contributed by atoms with van der Waals surface area (Å²) in [5.41, 5.74) is 3.06. The standard InChI is InChI=1S/C24H36BNO6/c1-17(2)20(24(28)31-15-12-26-10-5-13-30-14-11-26)6-4-7-22(27)21-9-8-19-16-32-25(29)23(19)18(21)3/h8-9,17,20,29H,4-7,10-16H2,1-3H3/t20-/m0/s1. The minimum absolute atomic E-state index is 0.0312. The third kappa shape index (κ3) is 6.41. The predicted octanol–water partition coefficient (Wildman–Crippen LogP) is 2.10. The molecule has 0 radical (unpaired) electrons. The summed E-state index contributed by atoms with van der Waals surface area (Å²) in [6.07, 6.45) is 2.61. The SMILES string of the molecule is Cc1c(C(=O)CCC[C@H](C(=O)OCCN2CCCOCC2)C(C)C)ccc2c1B(O)OC2. The van der Waals surface area contributed by atoms with Crippen LogP contribution in [0.15, 0.2) is 12.1 Å². The quantitative estimate of drug-likeness (QED) is 0.335. The van der Waals surface area contributed by atoms with E-state index in [1.807, 2.05) is 32.9 Å². The molecule has 0 aromatic heterocycles. The van der Waals surface area contributed by atoms with Crippen LogP contribution in [-0.2, 0) is 25.5 Å². The van der Waals surface area contributed by atoms with Crippen molar-refractivity contribution in [2.75, 3.05) is 39.5 Å². The van der Waals surface area contributed by atoms with E-state index in [2.05, 4.69) is 4.90 Å². The number of ketones is 1. The lowest BCUT2D eigenvalue weighted by Crippen LogP contribution is -2.32. The first-order valence-corrected chi connectivity index (χ1v) is 11.8. The van der Waals surface area contributed by atoms with Gasteiger partial charge in [0, 0.05) is 38.2 Å². The number of carbonyl (C=O) groups is 2. The highest BCUT2D eigenvalue weighted by Gasteiger charge is 2.31. The third-order valence-electron chi connectivity index (χ3n) is 6.54. The van der Waals surface area contributed by atoms with E-state index in [4.69, 9.17) is 14.1 Å². The Labute approximate surface area is 191 Å². The summed E-state index contributed by atoms with van der Waals surface area (Å²) < 4.78 is 16.3. The van der Waals surface area contributed by atoms with Crippen LogP contribution < -0.4 is 5.46 Å². The molecule has 176 valence electrons. The summed E-state index contributed by atoms with van der Waals surface area (Å²) >= 11 is 0. The van der Waals surface area contributed by atoms with Gasteiger partial charge in [0.05, 0.1) is 19.1 Å². The Bertz CT molecular complexity index is 791. The van der Waals surface area contributed by atoms with E-state index >= 15 is 0 Å². The molecule has 3 rings (SSSR count). The lowest BCUT2D eigenvalue weighted by Gasteiger charge is -2.22. The average Bonchev–Trinajstić information content (AvgIpc) is 2.96. The smallest absolute Gasteiger partial charge is 0.464 e. The molecule has 32 heavy (non-hydrogen) atoms. The van der Waals surface area contributed by atoms with E-state index in [1.54, 1.807) is 0 Å². The van der Waals surface area contributed by atoms with Crippen LogP contribution in [0.1, 0.15) is 61.0 Å². The predicted molar refractivity (Wildman–Crippen MR) is 123 cm³/mol. The van der Waals surface area contributed by atoms with Crippen molar-refractivity contribution in [3.8, 4) is 0 Å². The van der Waals surface area contributed by atoms with Gasteiger partial charge in [-0.1, -0.05) is 26.0 Å². The minimum Gasteiger partial charge on any atom is -0.464 e. The number of rotatable bonds is 10. The van der Waals surface area contributed by atoms with E-state index in [1.165, 1.54) is 0 Å². The van der Waals surface area contributed by atoms with Crippen LogP contribution in [0.3, 0.4) is 0 Å². The zero-order valence-corrected chi connectivity index (χ0v) is 19.6. The molecule has 2 heterocycles. The number of Topliss-reactive ketones (excluding diaryl/α,β-unsaturated/α-hetero) is 1. The summed E-state index contributed by atoms with van der Waals surface area (Å²) in [7, 11) is -0.959. The molecule has 0 aliphatic carbocycles. The zero-order valence-electron chi connectivity index (χ0n) is 19.6. The lowest BCUT2D eigenvalue weighted by atomic mass is 9.74. The van der Waals surface area contributed by atoms with Gasteiger partial charge in [0.25, 0.3) is 0 Å². The number of nitrogens with zero attached hydrogens (tertiary/aromatic N) is 1. The Morgan fingerprint density at radius 1 is 1.25 bits per heavy atom. The van der Waals surface area contributed by atoms with Crippen LogP contribution in [0.4, 0.5) is 0 Å². The molecular weight excluding hydrogens is 409 g/mol. The van der Waals surface area contributed by atoms with Crippen LogP contribution in [0, 0.1) is 18.8 Å². The molecular formula is C24H36BNO6. The zero-order chi connectivity index (χ0) is 23.1. The van der Waals surface area contributed by atoms with Gasteiger partial charge in [-0.05, 0) is 48.7 Å². The number of benzene rings is 1. The van der Waals surface area contributed by atoms with E-state index in [0.29, 0.717) is 38.0 Å². The second kappa shape index (κ2) is 11.9. The third-order valence-corrected chi connectivity index (χ3v) is 6.54. The summed E-state index contributed by atoms with van der Waals surface area (Å²) in [4.78, 5) is 27.7. The highest BCUT2D eigenvalue weighted by atomic mass is 16.5. The van der Waals surface area contributed by atoms with E-state index in [9.17, 15) is 14.6 Å². The van der Waals surface area contributed by atoms with Crippen LogP contribution in [0.25, 0.3) is 0 Å². The van der Waals surface area contributed by atoms with Crippen molar-refractivity contribution < 1.29 is 28.7 Å². The monoisotopic (exact) mass is 445 g/mol. The van der Waals surface area contributed by atoms with Crippen molar-refractivity contribution in [3.63, 3.8) is 0 Å². The number of fused-ring (bicyclic) bond motifs is 1. The van der Waals surface area contributed by atoms with Crippen molar-refractivity contribution >= 4 is 24.3 Å². The maximum atomic E-state index is 12.8. The average molecular weight is 445 g/mol. The highest BCUT2D eigenvalue weighted by molar-refractivity contribution is 6.62. The van der Waals surface area contributed by atoms with Crippen molar-refractivity contribution in [3.05, 3.63) is 28.8 Å². The number of carbonyl (C=O) groups excluding carboxylic acids is 2. The Morgan fingerprint density at radius 3 is 2.84 bits per heavy atom. The lowest BCUT2D eigenvalue weighted by molar-refractivity contribution is -0.150. The van der Waals surface area contributed by atoms with E-state index in [-0.39, 0.29) is 23.6 Å². The molecule has 0 bridgehead atoms. The molecule has 2 aliphatic heterocycles. The number of hydrogen-bond acceptors (Lipinski definition) is 7. The molecule has 1 fully saturated rings. The molecule has 1 atom stereocenters. The fourth-order valence-corrected chi connectivity index (χ4v) is 4.55. The molecule has 1 aromatic carbocycles. The number of hydrogen-bond donors (Lipinski definition) is 1. The fourth-order valence-electron chi connectivity index (χ4n) is 4.55. The number of ether oxygens (including phenoxy) is 2. The second-order valence-electron chi connectivity index (χ2n) is 9.12. The van der Waals surface area contributed by atoms with Crippen LogP contribution in [0.5, 0.6) is 0 Å². The van der Waals surface area contributed by atoms with Crippen LogP contribution in [-0.4, -0.2) is 68.2 Å². The molecule has 1 saturated heterocycles. The second-order valence-corrected chi connectivity index (χ2v) is 9.12. The largest absolute Gasteiger partial charge is 0.492 e. The number of esters is 1. The Morgan fingerprint density at radius 2 is 2.06 bits per heavy atom. The molecule has 1 N–H and O–H groups in total. The van der Waals surface area contributed by atoms with Crippen molar-refractivity contribution in [2.45, 2.75) is 53.1 Å². The highest BCUT2D eigenvalue weighted by Crippen LogP contribution is 2.22. The van der Waals surface area contributed by atoms with Gasteiger partial charge in [-0.15, -0.1) is 0 Å². The molecule has 0 unspecified atom stereocenters. The first kappa shape index (κ1) is 24.9. The Kier molecular flexibility index (Phi) is 9.28. The summed E-state index contributed by atoms with van der Waals surface area (Å²) in [6, 6.07) is 3.68. The maximum absolute atomic E-state index is 12.8. The van der Waals surface area contributed by atoms with Gasteiger partial charge in [-0.25, -0.2) is 0 Å². The molecule has 0 amide bonds. The first-order valence-electron chi connectivity index (χ1n) is 11.8. The maximum Gasteiger partial charge on any atom is 0.492 e. The van der Waals surface area contributed by atoms with Gasteiger partial charge >= 0.3 is 13.1 Å². The molecule has 0 spiro atoms. The topological polar surface area (TPSA) is 85.3 Å². The van der Waals surface area contributed by atoms with Crippen molar-refractivity contribution in [1.29, 1.82) is 0 Å². The molecule has 8 heteroatoms. The molecule has 1 aromatic rings. The Hall–Kier alpha value is -1.74. The van der Waals surface area contributed by atoms with Gasteiger partial charge in [0.2, 0.25) is 0 Å². The van der Waals surface area contributed by atoms with Gasteiger partial charge in [-0.3, -0.25) is 14.5 Å². The molecule has 0 saturated carbocycles. The fraction of sp³-hybridized carbons (Fsp3) is 0.667. The van der Waals surface area contributed by atoms with Gasteiger partial charge in [-0.2, -0.15) is 0 Å². The van der Waals surface area contributed by atoms with Crippen LogP contribution >= 0.6 is 0 Å². The Balaban J connectivity index is 1.46. The van der Waals surface area contributed by atoms with E-state index < -0.39 is 7.12 Å². The minimum atomic E-state index is -0.959.